The van der Waals surface area contributed by atoms with E-state index in [9.17, 15) is 9.59 Å². The number of amides is 2. The Hall–Kier alpha value is -3.05. The molecule has 3 heterocycles. The van der Waals surface area contributed by atoms with Gasteiger partial charge in [0.2, 0.25) is 5.91 Å². The van der Waals surface area contributed by atoms with E-state index in [1.807, 2.05) is 52.1 Å². The van der Waals surface area contributed by atoms with Crippen LogP contribution in [0.25, 0.3) is 22.6 Å². The molecule has 2 aromatic carbocycles. The van der Waals surface area contributed by atoms with Crippen molar-refractivity contribution in [3.8, 4) is 0 Å². The zero-order chi connectivity index (χ0) is 20.7. The number of hydrogen-bond acceptors (Lipinski definition) is 2. The molecule has 0 bridgehead atoms. The highest BCUT2D eigenvalue weighted by Gasteiger charge is 2.25. The van der Waals surface area contributed by atoms with Crippen LogP contribution in [0.2, 0.25) is 5.02 Å². The first-order chi connectivity index (χ1) is 14.6. The van der Waals surface area contributed by atoms with Crippen molar-refractivity contribution in [1.82, 2.24) is 9.47 Å². The fraction of sp³-hybridized carbons (Fsp3) is 0.250. The molecule has 3 aromatic rings. The number of piperidine rings is 1. The van der Waals surface area contributed by atoms with E-state index in [-0.39, 0.29) is 11.8 Å². The number of aromatic nitrogens is 1. The maximum atomic E-state index is 12.8. The lowest BCUT2D eigenvalue weighted by atomic mass is 10.0. The molecule has 0 saturated carbocycles. The first-order valence-electron chi connectivity index (χ1n) is 10.3. The van der Waals surface area contributed by atoms with Crippen LogP contribution >= 0.6 is 11.6 Å². The van der Waals surface area contributed by atoms with Gasteiger partial charge < -0.3 is 14.8 Å². The molecule has 0 aliphatic carbocycles. The standard InChI is InChI=1S/C24H22ClN3O2/c25-17-8-9-19-20(24(30)26-21(19)13-17)12-16-14-28(22-7-3-2-6-18(16)22)15-23(29)27-10-4-1-5-11-27/h2-3,6-9,12-14H,1,4-5,10-11,15H2,(H,26,30)/b20-12+. The predicted molar refractivity (Wildman–Crippen MR) is 120 cm³/mol. The molecule has 30 heavy (non-hydrogen) atoms. The lowest BCUT2D eigenvalue weighted by Crippen LogP contribution is -2.37. The van der Waals surface area contributed by atoms with Crippen molar-refractivity contribution in [2.75, 3.05) is 18.4 Å². The van der Waals surface area contributed by atoms with Crippen molar-refractivity contribution in [2.24, 2.45) is 0 Å². The number of nitrogens with zero attached hydrogens (tertiary/aromatic N) is 2. The minimum Gasteiger partial charge on any atom is -0.341 e. The van der Waals surface area contributed by atoms with Gasteiger partial charge in [-0.1, -0.05) is 35.9 Å². The van der Waals surface area contributed by atoms with Crippen LogP contribution in [0.1, 0.15) is 30.4 Å². The zero-order valence-electron chi connectivity index (χ0n) is 16.5. The Morgan fingerprint density at radius 1 is 1.10 bits per heavy atom. The smallest absolute Gasteiger partial charge is 0.256 e. The molecule has 2 aliphatic heterocycles. The third-order valence-electron chi connectivity index (χ3n) is 5.90. The topological polar surface area (TPSA) is 54.3 Å². The average Bonchev–Trinajstić information content (AvgIpc) is 3.26. The summed E-state index contributed by atoms with van der Waals surface area (Å²) >= 11 is 6.06. The van der Waals surface area contributed by atoms with Crippen LogP contribution in [-0.2, 0) is 16.1 Å². The van der Waals surface area contributed by atoms with Crippen molar-refractivity contribution < 1.29 is 9.59 Å². The molecule has 6 heteroatoms. The molecule has 0 spiro atoms. The van der Waals surface area contributed by atoms with Gasteiger partial charge in [0.25, 0.3) is 5.91 Å². The third-order valence-corrected chi connectivity index (χ3v) is 6.13. The molecule has 0 radical (unpaired) electrons. The number of anilines is 1. The Bertz CT molecular complexity index is 1190. The number of halogens is 1. The summed E-state index contributed by atoms with van der Waals surface area (Å²) in [6, 6.07) is 13.4. The summed E-state index contributed by atoms with van der Waals surface area (Å²) in [5.74, 6) is 0.00161. The molecule has 5 rings (SSSR count). The van der Waals surface area contributed by atoms with Crippen molar-refractivity contribution in [1.29, 1.82) is 0 Å². The largest absolute Gasteiger partial charge is 0.341 e. The number of rotatable bonds is 3. The fourth-order valence-corrected chi connectivity index (χ4v) is 4.55. The quantitative estimate of drug-likeness (QED) is 0.620. The van der Waals surface area contributed by atoms with Crippen LogP contribution in [0.3, 0.4) is 0 Å². The monoisotopic (exact) mass is 419 g/mol. The molecule has 5 nitrogen and oxygen atoms in total. The highest BCUT2D eigenvalue weighted by Crippen LogP contribution is 2.36. The zero-order valence-corrected chi connectivity index (χ0v) is 17.3. The average molecular weight is 420 g/mol. The second-order valence-electron chi connectivity index (χ2n) is 7.87. The summed E-state index contributed by atoms with van der Waals surface area (Å²) in [5.41, 5.74) is 4.08. The van der Waals surface area contributed by atoms with Gasteiger partial charge in [-0.25, -0.2) is 0 Å². The SMILES string of the molecule is O=C1Nc2cc(Cl)ccc2/C1=C\c1cn(CC(=O)N2CCCCC2)c2ccccc12. The molecule has 1 N–H and O–H groups in total. The normalized spacial score (nSPS) is 17.4. The Morgan fingerprint density at radius 3 is 2.73 bits per heavy atom. The highest BCUT2D eigenvalue weighted by atomic mass is 35.5. The molecular weight excluding hydrogens is 398 g/mol. The summed E-state index contributed by atoms with van der Waals surface area (Å²) in [6.45, 7) is 1.99. The number of benzene rings is 2. The molecule has 1 saturated heterocycles. The van der Waals surface area contributed by atoms with E-state index in [1.54, 1.807) is 12.1 Å². The Balaban J connectivity index is 1.53. The molecule has 2 aliphatic rings. The van der Waals surface area contributed by atoms with Crippen LogP contribution in [0, 0.1) is 0 Å². The van der Waals surface area contributed by atoms with Gasteiger partial charge in [-0.05, 0) is 43.5 Å². The van der Waals surface area contributed by atoms with Crippen molar-refractivity contribution in [2.45, 2.75) is 25.8 Å². The number of para-hydroxylation sites is 1. The molecule has 0 unspecified atom stereocenters. The first kappa shape index (κ1) is 18.9. The summed E-state index contributed by atoms with van der Waals surface area (Å²) in [6.07, 6.45) is 7.23. The van der Waals surface area contributed by atoms with Gasteiger partial charge in [0.15, 0.2) is 0 Å². The van der Waals surface area contributed by atoms with Crippen molar-refractivity contribution in [3.63, 3.8) is 0 Å². The van der Waals surface area contributed by atoms with E-state index in [0.717, 1.165) is 53.6 Å². The number of carbonyl (C=O) groups excluding carboxylic acids is 2. The highest BCUT2D eigenvalue weighted by molar-refractivity contribution is 6.36. The van der Waals surface area contributed by atoms with Crippen LogP contribution in [0.15, 0.2) is 48.7 Å². The summed E-state index contributed by atoms with van der Waals surface area (Å²) in [7, 11) is 0. The molecule has 1 aromatic heterocycles. The Labute approximate surface area is 179 Å². The van der Waals surface area contributed by atoms with E-state index in [2.05, 4.69) is 5.32 Å². The van der Waals surface area contributed by atoms with Crippen molar-refractivity contribution in [3.05, 3.63) is 64.8 Å². The molecule has 1 fully saturated rings. The van der Waals surface area contributed by atoms with Crippen LogP contribution in [0.5, 0.6) is 0 Å². The van der Waals surface area contributed by atoms with Crippen molar-refractivity contribution >= 4 is 51.7 Å². The number of hydrogen-bond donors (Lipinski definition) is 1. The molecule has 2 amide bonds. The van der Waals surface area contributed by atoms with E-state index < -0.39 is 0 Å². The van der Waals surface area contributed by atoms with Gasteiger partial charge in [-0.3, -0.25) is 9.59 Å². The van der Waals surface area contributed by atoms with Gasteiger partial charge in [0.05, 0.1) is 5.69 Å². The lowest BCUT2D eigenvalue weighted by Gasteiger charge is -2.27. The summed E-state index contributed by atoms with van der Waals surface area (Å²) in [5, 5.41) is 4.49. The maximum Gasteiger partial charge on any atom is 0.256 e. The molecular formula is C24H22ClN3O2. The van der Waals surface area contributed by atoms with Crippen LogP contribution < -0.4 is 5.32 Å². The van der Waals surface area contributed by atoms with Gasteiger partial charge in [0.1, 0.15) is 6.54 Å². The lowest BCUT2D eigenvalue weighted by molar-refractivity contribution is -0.132. The fourth-order valence-electron chi connectivity index (χ4n) is 4.38. The Kier molecular flexibility index (Phi) is 4.83. The van der Waals surface area contributed by atoms with Gasteiger partial charge in [-0.2, -0.15) is 0 Å². The van der Waals surface area contributed by atoms with Gasteiger partial charge in [-0.15, -0.1) is 0 Å². The predicted octanol–water partition coefficient (Wildman–Crippen LogP) is 4.80. The first-order valence-corrected chi connectivity index (χ1v) is 10.7. The molecule has 152 valence electrons. The minimum absolute atomic E-state index is 0.145. The minimum atomic E-state index is -0.145. The van der Waals surface area contributed by atoms with E-state index >= 15 is 0 Å². The summed E-state index contributed by atoms with van der Waals surface area (Å²) < 4.78 is 1.99. The van der Waals surface area contributed by atoms with Crippen LogP contribution in [-0.4, -0.2) is 34.4 Å². The third kappa shape index (κ3) is 3.39. The maximum absolute atomic E-state index is 12.8. The number of likely N-dealkylation sites (tertiary alicyclic amines) is 1. The Morgan fingerprint density at radius 2 is 1.90 bits per heavy atom. The molecule has 0 atom stereocenters. The van der Waals surface area contributed by atoms with E-state index in [1.165, 1.54) is 6.42 Å². The summed E-state index contributed by atoms with van der Waals surface area (Å²) in [4.78, 5) is 27.4. The van der Waals surface area contributed by atoms with Gasteiger partial charge in [0, 0.05) is 51.9 Å². The van der Waals surface area contributed by atoms with E-state index in [0.29, 0.717) is 17.1 Å². The van der Waals surface area contributed by atoms with Crippen LogP contribution in [0.4, 0.5) is 5.69 Å². The van der Waals surface area contributed by atoms with E-state index in [4.69, 9.17) is 11.6 Å². The number of fused-ring (bicyclic) bond motifs is 2. The second kappa shape index (κ2) is 7.65. The number of carbonyl (C=O) groups is 2. The van der Waals surface area contributed by atoms with Gasteiger partial charge >= 0.3 is 0 Å². The second-order valence-corrected chi connectivity index (χ2v) is 8.31. The number of nitrogens with one attached hydrogen (secondary N) is 1.